The summed E-state index contributed by atoms with van der Waals surface area (Å²) in [6.07, 6.45) is 0. The predicted octanol–water partition coefficient (Wildman–Crippen LogP) is 4.07. The lowest BCUT2D eigenvalue weighted by atomic mass is 10.1. The number of hydrogen-bond acceptors (Lipinski definition) is 1. The summed E-state index contributed by atoms with van der Waals surface area (Å²) in [7, 11) is 3.74. The summed E-state index contributed by atoms with van der Waals surface area (Å²) >= 11 is 0. The summed E-state index contributed by atoms with van der Waals surface area (Å²) in [6, 6.07) is 31.1. The second kappa shape index (κ2) is 7.75. The first-order valence-electron chi connectivity index (χ1n) is 8.34. The van der Waals surface area contributed by atoms with Crippen LogP contribution in [0.5, 0.6) is 0 Å². The quantitative estimate of drug-likeness (QED) is 0.636. The van der Waals surface area contributed by atoms with E-state index in [9.17, 15) is 0 Å². The van der Waals surface area contributed by atoms with Crippen LogP contribution in [0.4, 0.5) is 0 Å². The SMILES string of the molecule is C[C@@H](c1ccccc1P(c1ccccc1)c1ccccc1)N(C)C. The predicted molar refractivity (Wildman–Crippen MR) is 107 cm³/mol. The van der Waals surface area contributed by atoms with E-state index in [-0.39, 0.29) is 0 Å². The molecule has 2 heteroatoms. The third kappa shape index (κ3) is 3.59. The standard InChI is InChI=1S/C22H24NP/c1-18(23(2)3)21-16-10-11-17-22(21)24(19-12-6-4-7-13-19)20-14-8-5-9-15-20/h4-18H,1-3H3/t18-/m0/s1. The van der Waals surface area contributed by atoms with Crippen molar-refractivity contribution in [3.05, 3.63) is 90.5 Å². The third-order valence-corrected chi connectivity index (χ3v) is 6.95. The maximum absolute atomic E-state index is 2.31. The second-order valence-corrected chi connectivity index (χ2v) is 8.39. The number of rotatable bonds is 5. The van der Waals surface area contributed by atoms with Crippen LogP contribution in [0, 0.1) is 0 Å². The average Bonchev–Trinajstić information content (AvgIpc) is 2.63. The van der Waals surface area contributed by atoms with Gasteiger partial charge in [-0.05, 0) is 50.4 Å². The minimum absolute atomic E-state index is 0.388. The van der Waals surface area contributed by atoms with Crippen LogP contribution in [0.25, 0.3) is 0 Å². The van der Waals surface area contributed by atoms with Crippen molar-refractivity contribution in [2.24, 2.45) is 0 Å². The zero-order valence-electron chi connectivity index (χ0n) is 14.6. The van der Waals surface area contributed by atoms with Gasteiger partial charge in [0.25, 0.3) is 0 Å². The molecule has 0 amide bonds. The van der Waals surface area contributed by atoms with Gasteiger partial charge in [0.1, 0.15) is 0 Å². The molecule has 1 nitrogen and oxygen atoms in total. The van der Waals surface area contributed by atoms with E-state index < -0.39 is 7.92 Å². The first-order chi connectivity index (χ1) is 11.7. The zero-order valence-corrected chi connectivity index (χ0v) is 15.4. The molecular formula is C22H24NP. The molecule has 0 aliphatic heterocycles. The Labute approximate surface area is 146 Å². The van der Waals surface area contributed by atoms with Gasteiger partial charge in [-0.15, -0.1) is 0 Å². The Balaban J connectivity index is 2.18. The molecule has 3 rings (SSSR count). The normalized spacial score (nSPS) is 12.5. The van der Waals surface area contributed by atoms with Gasteiger partial charge in [0.05, 0.1) is 0 Å². The minimum Gasteiger partial charge on any atom is -0.303 e. The maximum atomic E-state index is 2.31. The van der Waals surface area contributed by atoms with Gasteiger partial charge in [-0.2, -0.15) is 0 Å². The van der Waals surface area contributed by atoms with E-state index in [0.29, 0.717) is 6.04 Å². The molecule has 0 aliphatic carbocycles. The smallest absolute Gasteiger partial charge is 0.0320 e. The van der Waals surface area contributed by atoms with E-state index in [4.69, 9.17) is 0 Å². The number of hydrogen-bond donors (Lipinski definition) is 0. The van der Waals surface area contributed by atoms with Gasteiger partial charge in [-0.25, -0.2) is 0 Å². The van der Waals surface area contributed by atoms with Gasteiger partial charge in [-0.3, -0.25) is 0 Å². The van der Waals surface area contributed by atoms with Crippen molar-refractivity contribution in [2.75, 3.05) is 14.1 Å². The molecule has 0 bridgehead atoms. The average molecular weight is 333 g/mol. The van der Waals surface area contributed by atoms with Crippen molar-refractivity contribution < 1.29 is 0 Å². The number of benzene rings is 3. The van der Waals surface area contributed by atoms with Crippen LogP contribution >= 0.6 is 7.92 Å². The highest BCUT2D eigenvalue weighted by Gasteiger charge is 2.21. The highest BCUT2D eigenvalue weighted by Crippen LogP contribution is 2.36. The molecule has 0 spiro atoms. The molecule has 0 N–H and O–H groups in total. The van der Waals surface area contributed by atoms with Gasteiger partial charge >= 0.3 is 0 Å². The van der Waals surface area contributed by atoms with Crippen molar-refractivity contribution in [1.29, 1.82) is 0 Å². The topological polar surface area (TPSA) is 3.24 Å². The fraction of sp³-hybridized carbons (Fsp3) is 0.182. The summed E-state index contributed by atoms with van der Waals surface area (Å²) in [5.41, 5.74) is 1.42. The molecule has 0 saturated carbocycles. The molecule has 0 unspecified atom stereocenters. The molecule has 3 aromatic rings. The van der Waals surface area contributed by atoms with Gasteiger partial charge in [0, 0.05) is 6.04 Å². The molecule has 122 valence electrons. The van der Waals surface area contributed by atoms with E-state index in [1.807, 2.05) is 0 Å². The van der Waals surface area contributed by atoms with Crippen molar-refractivity contribution in [1.82, 2.24) is 4.90 Å². The molecule has 24 heavy (non-hydrogen) atoms. The molecule has 3 aromatic carbocycles. The van der Waals surface area contributed by atoms with E-state index >= 15 is 0 Å². The summed E-state index contributed by atoms with van der Waals surface area (Å²) in [6.45, 7) is 2.28. The van der Waals surface area contributed by atoms with Crippen LogP contribution in [-0.4, -0.2) is 19.0 Å². The maximum Gasteiger partial charge on any atom is 0.0320 e. The third-order valence-electron chi connectivity index (χ3n) is 4.43. The molecule has 0 aromatic heterocycles. The van der Waals surface area contributed by atoms with E-state index in [1.165, 1.54) is 21.5 Å². The monoisotopic (exact) mass is 333 g/mol. The van der Waals surface area contributed by atoms with Gasteiger partial charge in [0.15, 0.2) is 0 Å². The molecule has 0 aliphatic rings. The zero-order chi connectivity index (χ0) is 16.9. The van der Waals surface area contributed by atoms with Crippen LogP contribution in [0.2, 0.25) is 0 Å². The summed E-state index contributed by atoms with van der Waals surface area (Å²) in [5, 5.41) is 4.25. The van der Waals surface area contributed by atoms with Crippen molar-refractivity contribution >= 4 is 23.8 Å². The Morgan fingerprint density at radius 1 is 0.667 bits per heavy atom. The van der Waals surface area contributed by atoms with Gasteiger partial charge < -0.3 is 4.90 Å². The molecule has 0 fully saturated rings. The van der Waals surface area contributed by atoms with Crippen LogP contribution in [-0.2, 0) is 0 Å². The summed E-state index contributed by atoms with van der Waals surface area (Å²) in [5.74, 6) is 0. The van der Waals surface area contributed by atoms with Crippen LogP contribution in [0.3, 0.4) is 0 Å². The highest BCUT2D eigenvalue weighted by atomic mass is 31.1. The largest absolute Gasteiger partial charge is 0.303 e. The Hall–Kier alpha value is -1.95. The lowest BCUT2D eigenvalue weighted by Crippen LogP contribution is -2.27. The Bertz CT molecular complexity index is 729. The lowest BCUT2D eigenvalue weighted by molar-refractivity contribution is 0.322. The van der Waals surface area contributed by atoms with Crippen molar-refractivity contribution in [3.8, 4) is 0 Å². The molecule has 0 heterocycles. The highest BCUT2D eigenvalue weighted by molar-refractivity contribution is 7.79. The first kappa shape index (κ1) is 16.9. The Morgan fingerprint density at radius 3 is 1.62 bits per heavy atom. The van der Waals surface area contributed by atoms with Gasteiger partial charge in [-0.1, -0.05) is 84.9 Å². The fourth-order valence-electron chi connectivity index (χ4n) is 2.90. The molecular weight excluding hydrogens is 309 g/mol. The van der Waals surface area contributed by atoms with E-state index in [2.05, 4.69) is 111 Å². The minimum atomic E-state index is -0.551. The summed E-state index contributed by atoms with van der Waals surface area (Å²) < 4.78 is 0. The van der Waals surface area contributed by atoms with Crippen LogP contribution < -0.4 is 15.9 Å². The first-order valence-corrected chi connectivity index (χ1v) is 9.68. The number of nitrogens with zero attached hydrogens (tertiary/aromatic N) is 1. The second-order valence-electron chi connectivity index (χ2n) is 6.20. The molecule has 0 radical (unpaired) electrons. The van der Waals surface area contributed by atoms with E-state index in [0.717, 1.165) is 0 Å². The van der Waals surface area contributed by atoms with Crippen molar-refractivity contribution in [3.63, 3.8) is 0 Å². The lowest BCUT2D eigenvalue weighted by Gasteiger charge is -2.27. The van der Waals surface area contributed by atoms with E-state index in [1.54, 1.807) is 0 Å². The fourth-order valence-corrected chi connectivity index (χ4v) is 5.45. The van der Waals surface area contributed by atoms with Crippen LogP contribution in [0.1, 0.15) is 18.5 Å². The Kier molecular flexibility index (Phi) is 5.45. The van der Waals surface area contributed by atoms with Crippen LogP contribution in [0.15, 0.2) is 84.9 Å². The molecule has 0 saturated heterocycles. The Morgan fingerprint density at radius 2 is 1.12 bits per heavy atom. The van der Waals surface area contributed by atoms with Crippen molar-refractivity contribution in [2.45, 2.75) is 13.0 Å². The summed E-state index contributed by atoms with van der Waals surface area (Å²) in [4.78, 5) is 2.28. The van der Waals surface area contributed by atoms with Gasteiger partial charge in [0.2, 0.25) is 0 Å². The molecule has 1 atom stereocenters.